The van der Waals surface area contributed by atoms with Gasteiger partial charge in [-0.3, -0.25) is 4.79 Å². The number of carbonyl (C=O) groups is 1. The summed E-state index contributed by atoms with van der Waals surface area (Å²) in [6, 6.07) is 6.43. The highest BCUT2D eigenvalue weighted by Crippen LogP contribution is 2.18. The minimum atomic E-state index is -0.305. The Hall–Kier alpha value is -1.84. The van der Waals surface area contributed by atoms with Crippen LogP contribution in [0.15, 0.2) is 24.3 Å². The molecule has 4 nitrogen and oxygen atoms in total. The quantitative estimate of drug-likeness (QED) is 0.608. The molecule has 0 aliphatic heterocycles. The standard InChI is InChI=1S/C13H17NO3/c1-3-9(8-12(16)17-2)13(14)10-4-6-11(15)7-5-10/h4-7,9,14-15H,3,8H2,1-2H3. The molecule has 0 fully saturated rings. The molecule has 0 aromatic heterocycles. The first-order chi connectivity index (χ1) is 8.08. The molecule has 2 N–H and O–H groups in total. The highest BCUT2D eigenvalue weighted by molar-refractivity contribution is 6.01. The first-order valence-corrected chi connectivity index (χ1v) is 5.53. The Balaban J connectivity index is 2.78. The number of carbonyl (C=O) groups excluding carboxylic acids is 1. The smallest absolute Gasteiger partial charge is 0.306 e. The molecular weight excluding hydrogens is 218 g/mol. The van der Waals surface area contributed by atoms with Crippen molar-refractivity contribution in [3.63, 3.8) is 0 Å². The fourth-order valence-corrected chi connectivity index (χ4v) is 1.61. The zero-order valence-electron chi connectivity index (χ0n) is 10.1. The Morgan fingerprint density at radius 3 is 2.47 bits per heavy atom. The van der Waals surface area contributed by atoms with Crippen LogP contribution >= 0.6 is 0 Å². The number of methoxy groups -OCH3 is 1. The van der Waals surface area contributed by atoms with Crippen LogP contribution in [0.2, 0.25) is 0 Å². The SMILES string of the molecule is CCC(CC(=O)OC)C(=N)c1ccc(O)cc1. The fraction of sp³-hybridized carbons (Fsp3) is 0.385. The molecule has 0 saturated carbocycles. The number of esters is 1. The number of phenols is 1. The van der Waals surface area contributed by atoms with Gasteiger partial charge in [-0.15, -0.1) is 0 Å². The lowest BCUT2D eigenvalue weighted by atomic mass is 9.91. The maximum Gasteiger partial charge on any atom is 0.306 e. The van der Waals surface area contributed by atoms with Gasteiger partial charge in [0, 0.05) is 11.6 Å². The molecule has 17 heavy (non-hydrogen) atoms. The van der Waals surface area contributed by atoms with Crippen LogP contribution in [-0.4, -0.2) is 23.9 Å². The average Bonchev–Trinajstić information content (AvgIpc) is 2.35. The molecule has 0 spiro atoms. The fourth-order valence-electron chi connectivity index (χ4n) is 1.61. The molecule has 4 heteroatoms. The van der Waals surface area contributed by atoms with Gasteiger partial charge in [-0.1, -0.05) is 6.92 Å². The highest BCUT2D eigenvalue weighted by atomic mass is 16.5. The summed E-state index contributed by atoms with van der Waals surface area (Å²) in [7, 11) is 1.35. The summed E-state index contributed by atoms with van der Waals surface area (Å²) in [5.41, 5.74) is 1.12. The normalized spacial score (nSPS) is 11.9. The van der Waals surface area contributed by atoms with E-state index in [9.17, 15) is 9.90 Å². The third-order valence-corrected chi connectivity index (χ3v) is 2.72. The lowest BCUT2D eigenvalue weighted by Crippen LogP contribution is -2.18. The Bertz CT molecular complexity index is 398. The van der Waals surface area contributed by atoms with E-state index >= 15 is 0 Å². The average molecular weight is 235 g/mol. The predicted octanol–water partition coefficient (Wildman–Crippen LogP) is 2.35. The van der Waals surface area contributed by atoms with E-state index in [2.05, 4.69) is 4.74 Å². The van der Waals surface area contributed by atoms with E-state index in [1.807, 2.05) is 6.92 Å². The third-order valence-electron chi connectivity index (χ3n) is 2.72. The lowest BCUT2D eigenvalue weighted by Gasteiger charge is -2.15. The van der Waals surface area contributed by atoms with Gasteiger partial charge in [0.15, 0.2) is 0 Å². The molecule has 0 aliphatic carbocycles. The minimum absolute atomic E-state index is 0.146. The number of hydrogen-bond donors (Lipinski definition) is 2. The molecule has 0 aliphatic rings. The Kier molecular flexibility index (Phi) is 4.69. The highest BCUT2D eigenvalue weighted by Gasteiger charge is 2.18. The molecule has 0 bridgehead atoms. The van der Waals surface area contributed by atoms with Crippen LogP contribution in [0.4, 0.5) is 0 Å². The second-order valence-corrected chi connectivity index (χ2v) is 3.85. The Morgan fingerprint density at radius 1 is 1.41 bits per heavy atom. The van der Waals surface area contributed by atoms with Crippen LogP contribution in [0.5, 0.6) is 5.75 Å². The number of nitrogens with one attached hydrogen (secondary N) is 1. The van der Waals surface area contributed by atoms with Gasteiger partial charge in [-0.2, -0.15) is 0 Å². The first-order valence-electron chi connectivity index (χ1n) is 5.53. The van der Waals surface area contributed by atoms with Crippen molar-refractivity contribution in [1.29, 1.82) is 5.41 Å². The van der Waals surface area contributed by atoms with Gasteiger partial charge in [0.05, 0.1) is 13.5 Å². The van der Waals surface area contributed by atoms with Crippen LogP contribution in [-0.2, 0) is 9.53 Å². The summed E-state index contributed by atoms with van der Waals surface area (Å²) < 4.78 is 4.61. The molecule has 1 unspecified atom stereocenters. The maximum absolute atomic E-state index is 11.2. The summed E-state index contributed by atoms with van der Waals surface area (Å²) in [5.74, 6) is -0.282. The zero-order valence-corrected chi connectivity index (χ0v) is 10.1. The van der Waals surface area contributed by atoms with Crippen LogP contribution in [0.3, 0.4) is 0 Å². The van der Waals surface area contributed by atoms with Gasteiger partial charge in [0.1, 0.15) is 5.75 Å². The second-order valence-electron chi connectivity index (χ2n) is 3.85. The van der Waals surface area contributed by atoms with Crippen molar-refractivity contribution < 1.29 is 14.6 Å². The van der Waals surface area contributed by atoms with E-state index in [0.29, 0.717) is 12.1 Å². The third kappa shape index (κ3) is 3.59. The maximum atomic E-state index is 11.2. The molecule has 1 rings (SSSR count). The summed E-state index contributed by atoms with van der Waals surface area (Å²) in [6.07, 6.45) is 0.918. The molecule has 0 radical (unpaired) electrons. The molecule has 1 aromatic carbocycles. The summed E-state index contributed by atoms with van der Waals surface area (Å²) in [5, 5.41) is 17.2. The van der Waals surface area contributed by atoms with Crippen molar-refractivity contribution in [2.24, 2.45) is 5.92 Å². The summed E-state index contributed by atoms with van der Waals surface area (Å²) in [4.78, 5) is 11.2. The number of aromatic hydroxyl groups is 1. The van der Waals surface area contributed by atoms with Gasteiger partial charge >= 0.3 is 5.97 Å². The number of ether oxygens (including phenoxy) is 1. The lowest BCUT2D eigenvalue weighted by molar-refractivity contribution is -0.141. The molecule has 0 heterocycles. The molecule has 0 amide bonds. The van der Waals surface area contributed by atoms with E-state index in [1.165, 1.54) is 19.2 Å². The van der Waals surface area contributed by atoms with E-state index in [1.54, 1.807) is 12.1 Å². The Labute approximate surface area is 101 Å². The van der Waals surface area contributed by atoms with Gasteiger partial charge < -0.3 is 15.3 Å². The van der Waals surface area contributed by atoms with Crippen LogP contribution < -0.4 is 0 Å². The minimum Gasteiger partial charge on any atom is -0.508 e. The van der Waals surface area contributed by atoms with Gasteiger partial charge in [0.2, 0.25) is 0 Å². The van der Waals surface area contributed by atoms with Gasteiger partial charge in [-0.25, -0.2) is 0 Å². The number of hydrogen-bond acceptors (Lipinski definition) is 4. The van der Waals surface area contributed by atoms with Crippen molar-refractivity contribution in [2.45, 2.75) is 19.8 Å². The number of phenolic OH excluding ortho intramolecular Hbond substituents is 1. The number of rotatable bonds is 5. The van der Waals surface area contributed by atoms with E-state index in [0.717, 1.165) is 5.56 Å². The first kappa shape index (κ1) is 13.2. The van der Waals surface area contributed by atoms with Gasteiger partial charge in [0.25, 0.3) is 0 Å². The largest absolute Gasteiger partial charge is 0.508 e. The van der Waals surface area contributed by atoms with Crippen molar-refractivity contribution in [3.8, 4) is 5.75 Å². The van der Waals surface area contributed by atoms with Gasteiger partial charge in [-0.05, 0) is 36.2 Å². The van der Waals surface area contributed by atoms with Crippen LogP contribution in [0.25, 0.3) is 0 Å². The second kappa shape index (κ2) is 6.03. The van der Waals surface area contributed by atoms with E-state index in [-0.39, 0.29) is 24.1 Å². The molecule has 1 atom stereocenters. The number of benzene rings is 1. The van der Waals surface area contributed by atoms with E-state index < -0.39 is 0 Å². The monoisotopic (exact) mass is 235 g/mol. The topological polar surface area (TPSA) is 70.4 Å². The molecule has 92 valence electrons. The molecule has 0 saturated heterocycles. The summed E-state index contributed by atoms with van der Waals surface area (Å²) in [6.45, 7) is 1.93. The Morgan fingerprint density at radius 2 is 2.00 bits per heavy atom. The zero-order chi connectivity index (χ0) is 12.8. The van der Waals surface area contributed by atoms with Crippen molar-refractivity contribution in [2.75, 3.05) is 7.11 Å². The van der Waals surface area contributed by atoms with Crippen molar-refractivity contribution in [1.82, 2.24) is 0 Å². The van der Waals surface area contributed by atoms with Crippen LogP contribution in [0.1, 0.15) is 25.3 Å². The molecular formula is C13H17NO3. The van der Waals surface area contributed by atoms with Crippen molar-refractivity contribution >= 4 is 11.7 Å². The van der Waals surface area contributed by atoms with Crippen molar-refractivity contribution in [3.05, 3.63) is 29.8 Å². The molecule has 1 aromatic rings. The predicted molar refractivity (Wildman–Crippen MR) is 65.3 cm³/mol. The summed E-state index contributed by atoms with van der Waals surface area (Å²) >= 11 is 0. The van der Waals surface area contributed by atoms with E-state index in [4.69, 9.17) is 5.41 Å². The van der Waals surface area contributed by atoms with Crippen LogP contribution in [0, 0.1) is 11.3 Å².